The summed E-state index contributed by atoms with van der Waals surface area (Å²) in [5, 5.41) is 4.68. The molecule has 0 fully saturated rings. The Morgan fingerprint density at radius 3 is 2.88 bits per heavy atom. The summed E-state index contributed by atoms with van der Waals surface area (Å²) < 4.78 is 35.6. The standard InChI is InChI=1S/C17H15BrF2N2O2S/c1-24-5-4-21-17(23)14-7-15-16(12(18)9-25-15)22(14)8-10-2-3-11(19)6-13(10)20/h2-3,6-7,9H,4-5,8H2,1H3,(H,21,23). The minimum Gasteiger partial charge on any atom is -0.383 e. The van der Waals surface area contributed by atoms with E-state index >= 15 is 0 Å². The lowest BCUT2D eigenvalue weighted by Gasteiger charge is -2.12. The Kier molecular flexibility index (Phi) is 5.51. The molecule has 4 nitrogen and oxygen atoms in total. The number of ether oxygens (including phenoxy) is 1. The van der Waals surface area contributed by atoms with Crippen molar-refractivity contribution in [2.75, 3.05) is 20.3 Å². The highest BCUT2D eigenvalue weighted by Crippen LogP contribution is 2.34. The van der Waals surface area contributed by atoms with Crippen LogP contribution in [0.3, 0.4) is 0 Å². The molecule has 0 bridgehead atoms. The normalized spacial score (nSPS) is 11.2. The highest BCUT2D eigenvalue weighted by atomic mass is 79.9. The fourth-order valence-corrected chi connectivity index (χ4v) is 4.25. The maximum atomic E-state index is 14.1. The number of amides is 1. The maximum absolute atomic E-state index is 14.1. The molecule has 8 heteroatoms. The quantitative estimate of drug-likeness (QED) is 0.598. The van der Waals surface area contributed by atoms with Crippen molar-refractivity contribution in [1.82, 2.24) is 9.88 Å². The summed E-state index contributed by atoms with van der Waals surface area (Å²) >= 11 is 4.96. The van der Waals surface area contributed by atoms with Gasteiger partial charge in [-0.2, -0.15) is 0 Å². The number of halogens is 3. The van der Waals surface area contributed by atoms with Crippen LogP contribution < -0.4 is 5.32 Å². The van der Waals surface area contributed by atoms with E-state index in [1.54, 1.807) is 17.7 Å². The number of fused-ring (bicyclic) bond motifs is 1. The van der Waals surface area contributed by atoms with Crippen LogP contribution in [-0.2, 0) is 11.3 Å². The molecular formula is C17H15BrF2N2O2S. The van der Waals surface area contributed by atoms with Crippen LogP contribution in [0.15, 0.2) is 34.1 Å². The molecule has 2 aromatic heterocycles. The predicted molar refractivity (Wildman–Crippen MR) is 97.2 cm³/mol. The lowest BCUT2D eigenvalue weighted by atomic mass is 10.2. The van der Waals surface area contributed by atoms with Crippen LogP contribution >= 0.6 is 27.3 Å². The summed E-state index contributed by atoms with van der Waals surface area (Å²) in [5.74, 6) is -1.54. The maximum Gasteiger partial charge on any atom is 0.268 e. The molecular weight excluding hydrogens is 414 g/mol. The number of carbonyl (C=O) groups excluding carboxylic acids is 1. The lowest BCUT2D eigenvalue weighted by Crippen LogP contribution is -2.29. The number of nitrogens with one attached hydrogen (secondary N) is 1. The first-order chi connectivity index (χ1) is 12.0. The van der Waals surface area contributed by atoms with E-state index in [-0.39, 0.29) is 12.5 Å². The molecule has 1 N–H and O–H groups in total. The molecule has 132 valence electrons. The zero-order valence-corrected chi connectivity index (χ0v) is 15.7. The lowest BCUT2D eigenvalue weighted by molar-refractivity contribution is 0.0928. The molecule has 0 aliphatic rings. The summed E-state index contributed by atoms with van der Waals surface area (Å²) in [6.45, 7) is 0.898. The molecule has 0 aliphatic heterocycles. The number of methoxy groups -OCH3 is 1. The van der Waals surface area contributed by atoms with E-state index in [0.717, 1.165) is 20.8 Å². The topological polar surface area (TPSA) is 43.3 Å². The number of nitrogens with zero attached hydrogens (tertiary/aromatic N) is 1. The molecule has 0 unspecified atom stereocenters. The van der Waals surface area contributed by atoms with Crippen LogP contribution in [0.4, 0.5) is 8.78 Å². The number of benzene rings is 1. The molecule has 0 spiro atoms. The van der Waals surface area contributed by atoms with Crippen LogP contribution in [0.1, 0.15) is 16.1 Å². The van der Waals surface area contributed by atoms with Crippen LogP contribution in [0.25, 0.3) is 10.2 Å². The van der Waals surface area contributed by atoms with Crippen molar-refractivity contribution >= 4 is 43.4 Å². The van der Waals surface area contributed by atoms with Gasteiger partial charge in [0.05, 0.1) is 27.8 Å². The van der Waals surface area contributed by atoms with Gasteiger partial charge in [-0.25, -0.2) is 8.78 Å². The van der Waals surface area contributed by atoms with E-state index in [9.17, 15) is 13.6 Å². The fraction of sp³-hybridized carbons (Fsp3) is 0.235. The molecule has 0 atom stereocenters. The third kappa shape index (κ3) is 3.75. The van der Waals surface area contributed by atoms with Gasteiger partial charge >= 0.3 is 0 Å². The monoisotopic (exact) mass is 428 g/mol. The van der Waals surface area contributed by atoms with Gasteiger partial charge in [0.15, 0.2) is 0 Å². The van der Waals surface area contributed by atoms with Crippen LogP contribution in [0, 0.1) is 11.6 Å². The van der Waals surface area contributed by atoms with Gasteiger partial charge in [0.1, 0.15) is 17.3 Å². The molecule has 1 aromatic carbocycles. The second-order valence-corrected chi connectivity index (χ2v) is 7.16. The van der Waals surface area contributed by atoms with Crippen molar-refractivity contribution in [3.63, 3.8) is 0 Å². The molecule has 3 aromatic rings. The fourth-order valence-electron chi connectivity index (χ4n) is 2.56. The smallest absolute Gasteiger partial charge is 0.268 e. The van der Waals surface area contributed by atoms with E-state index in [0.29, 0.717) is 24.4 Å². The Bertz CT molecular complexity index is 923. The van der Waals surface area contributed by atoms with Gasteiger partial charge in [-0.05, 0) is 28.1 Å². The minimum atomic E-state index is -0.640. The third-order valence-electron chi connectivity index (χ3n) is 3.75. The van der Waals surface area contributed by atoms with Crippen molar-refractivity contribution in [1.29, 1.82) is 0 Å². The zero-order valence-electron chi connectivity index (χ0n) is 13.3. The Labute approximate surface area is 155 Å². The Hall–Kier alpha value is -1.77. The highest BCUT2D eigenvalue weighted by Gasteiger charge is 2.19. The summed E-state index contributed by atoms with van der Waals surface area (Å²) in [6.07, 6.45) is 0. The molecule has 0 aliphatic carbocycles. The molecule has 25 heavy (non-hydrogen) atoms. The first-order valence-corrected chi connectivity index (χ1v) is 9.16. The molecule has 1 amide bonds. The van der Waals surface area contributed by atoms with E-state index in [1.807, 2.05) is 5.38 Å². The molecule has 0 saturated carbocycles. The Balaban J connectivity index is 2.00. The van der Waals surface area contributed by atoms with E-state index in [4.69, 9.17) is 4.74 Å². The van der Waals surface area contributed by atoms with Crippen molar-refractivity contribution in [2.24, 2.45) is 0 Å². The van der Waals surface area contributed by atoms with E-state index < -0.39 is 11.6 Å². The number of hydrogen-bond acceptors (Lipinski definition) is 3. The average Bonchev–Trinajstić information content (AvgIpc) is 3.11. The van der Waals surface area contributed by atoms with Gasteiger partial charge < -0.3 is 14.6 Å². The summed E-state index contributed by atoms with van der Waals surface area (Å²) in [7, 11) is 1.55. The van der Waals surface area contributed by atoms with Gasteiger partial charge in [-0.3, -0.25) is 4.79 Å². The van der Waals surface area contributed by atoms with Gasteiger partial charge in [0.2, 0.25) is 0 Å². The zero-order chi connectivity index (χ0) is 18.0. The van der Waals surface area contributed by atoms with Crippen molar-refractivity contribution in [3.8, 4) is 0 Å². The third-order valence-corrected chi connectivity index (χ3v) is 5.57. The van der Waals surface area contributed by atoms with Crippen molar-refractivity contribution in [3.05, 3.63) is 57.0 Å². The van der Waals surface area contributed by atoms with Gasteiger partial charge in [0, 0.05) is 30.7 Å². The van der Waals surface area contributed by atoms with E-state index in [1.165, 1.54) is 23.5 Å². The summed E-state index contributed by atoms with van der Waals surface area (Å²) in [5.41, 5.74) is 1.54. The minimum absolute atomic E-state index is 0.123. The predicted octanol–water partition coefficient (Wildman–Crippen LogP) is 4.17. The van der Waals surface area contributed by atoms with Crippen molar-refractivity contribution in [2.45, 2.75) is 6.54 Å². The van der Waals surface area contributed by atoms with Crippen LogP contribution in [-0.4, -0.2) is 30.7 Å². The van der Waals surface area contributed by atoms with Gasteiger partial charge in [-0.15, -0.1) is 11.3 Å². The first kappa shape index (κ1) is 18.0. The Morgan fingerprint density at radius 1 is 1.36 bits per heavy atom. The molecule has 0 saturated heterocycles. The average molecular weight is 429 g/mol. The summed E-state index contributed by atoms with van der Waals surface area (Å²) in [6, 6.07) is 5.22. The van der Waals surface area contributed by atoms with Gasteiger partial charge in [-0.1, -0.05) is 6.07 Å². The molecule has 2 heterocycles. The number of carbonyl (C=O) groups is 1. The van der Waals surface area contributed by atoms with Crippen molar-refractivity contribution < 1.29 is 18.3 Å². The molecule has 3 rings (SSSR count). The van der Waals surface area contributed by atoms with Crippen LogP contribution in [0.5, 0.6) is 0 Å². The number of rotatable bonds is 6. The SMILES string of the molecule is COCCNC(=O)c1cc2scc(Br)c2n1Cc1ccc(F)cc1F. The second kappa shape index (κ2) is 7.63. The summed E-state index contributed by atoms with van der Waals surface area (Å²) in [4.78, 5) is 12.5. The first-order valence-electron chi connectivity index (χ1n) is 7.48. The van der Waals surface area contributed by atoms with E-state index in [2.05, 4.69) is 21.2 Å². The Morgan fingerprint density at radius 2 is 2.16 bits per heavy atom. The number of hydrogen-bond donors (Lipinski definition) is 1. The highest BCUT2D eigenvalue weighted by molar-refractivity contribution is 9.10. The van der Waals surface area contributed by atoms with Crippen LogP contribution in [0.2, 0.25) is 0 Å². The largest absolute Gasteiger partial charge is 0.383 e. The number of thiophene rings is 1. The number of aromatic nitrogens is 1. The second-order valence-electron chi connectivity index (χ2n) is 5.40. The van der Waals surface area contributed by atoms with Gasteiger partial charge in [0.25, 0.3) is 5.91 Å². The molecule has 0 radical (unpaired) electrons.